The Bertz CT molecular complexity index is 490. The summed E-state index contributed by atoms with van der Waals surface area (Å²) in [7, 11) is 1.89. The van der Waals surface area contributed by atoms with E-state index in [2.05, 4.69) is 25.5 Å². The van der Waals surface area contributed by atoms with Crippen LogP contribution in [0, 0.1) is 6.92 Å². The predicted octanol–water partition coefficient (Wildman–Crippen LogP) is 0.108. The highest BCUT2D eigenvalue weighted by Gasteiger charge is 2.05. The van der Waals surface area contributed by atoms with Crippen LogP contribution in [0.25, 0.3) is 0 Å². The molecule has 0 radical (unpaired) electrons. The molecule has 0 aromatic carbocycles. The first kappa shape index (κ1) is 10.3. The monoisotopic (exact) mass is 219 g/mol. The van der Waals surface area contributed by atoms with Crippen molar-refractivity contribution in [2.24, 2.45) is 7.05 Å². The molecule has 2 aromatic heterocycles. The van der Waals surface area contributed by atoms with Crippen LogP contribution in [0.5, 0.6) is 0 Å². The lowest BCUT2D eigenvalue weighted by Crippen LogP contribution is -2.09. The van der Waals surface area contributed by atoms with Gasteiger partial charge in [-0.2, -0.15) is 0 Å². The van der Waals surface area contributed by atoms with Gasteiger partial charge in [0, 0.05) is 12.6 Å². The normalized spacial score (nSPS) is 10.4. The maximum absolute atomic E-state index is 5.68. The lowest BCUT2D eigenvalue weighted by atomic mass is 10.3. The Morgan fingerprint density at radius 3 is 2.94 bits per heavy atom. The smallest absolute Gasteiger partial charge is 0.151 e. The highest BCUT2D eigenvalue weighted by molar-refractivity contribution is 5.53. The second kappa shape index (κ2) is 4.13. The van der Waals surface area contributed by atoms with E-state index in [0.29, 0.717) is 12.4 Å². The molecule has 0 atom stereocenters. The number of aryl methyl sites for hydroxylation is 1. The van der Waals surface area contributed by atoms with Crippen LogP contribution in [0.4, 0.5) is 11.6 Å². The molecule has 0 aliphatic rings. The minimum absolute atomic E-state index is 0.482. The molecule has 16 heavy (non-hydrogen) atoms. The maximum Gasteiger partial charge on any atom is 0.151 e. The van der Waals surface area contributed by atoms with E-state index in [1.165, 1.54) is 6.33 Å². The second-order valence-electron chi connectivity index (χ2n) is 3.44. The van der Waals surface area contributed by atoms with Crippen molar-refractivity contribution in [3.63, 3.8) is 0 Å². The largest absolute Gasteiger partial charge is 0.383 e. The molecule has 0 amide bonds. The van der Waals surface area contributed by atoms with E-state index in [1.54, 1.807) is 6.33 Å². The van der Waals surface area contributed by atoms with Crippen molar-refractivity contribution < 1.29 is 0 Å². The number of nitrogen functional groups attached to an aromatic ring is 1. The number of anilines is 2. The van der Waals surface area contributed by atoms with E-state index in [1.807, 2.05) is 18.5 Å². The zero-order chi connectivity index (χ0) is 11.5. The number of aromatic nitrogens is 5. The van der Waals surface area contributed by atoms with E-state index in [9.17, 15) is 0 Å². The molecule has 0 saturated heterocycles. The number of hydrogen-bond acceptors (Lipinski definition) is 6. The topological polar surface area (TPSA) is 94.5 Å². The Labute approximate surface area is 92.7 Å². The van der Waals surface area contributed by atoms with Crippen LogP contribution in [0.1, 0.15) is 11.4 Å². The molecule has 0 spiro atoms. The van der Waals surface area contributed by atoms with Crippen molar-refractivity contribution >= 4 is 11.6 Å². The van der Waals surface area contributed by atoms with Crippen molar-refractivity contribution in [2.75, 3.05) is 11.1 Å². The fourth-order valence-corrected chi connectivity index (χ4v) is 1.27. The van der Waals surface area contributed by atoms with Crippen LogP contribution in [-0.4, -0.2) is 24.7 Å². The molecule has 0 fully saturated rings. The standard InChI is InChI=1S/C9H13N7/c1-6-8(10)12-4-13-9(6)11-3-7-15-14-5-16(7)2/h4-5H,3H2,1-2H3,(H3,10,11,12,13). The third-order valence-electron chi connectivity index (χ3n) is 2.34. The number of nitrogens with one attached hydrogen (secondary N) is 1. The molecule has 2 rings (SSSR count). The zero-order valence-electron chi connectivity index (χ0n) is 9.18. The molecule has 0 saturated carbocycles. The molecule has 0 bridgehead atoms. The summed E-state index contributed by atoms with van der Waals surface area (Å²) in [6, 6.07) is 0. The quantitative estimate of drug-likeness (QED) is 0.760. The number of rotatable bonds is 3. The Balaban J connectivity index is 2.11. The summed E-state index contributed by atoms with van der Waals surface area (Å²) in [4.78, 5) is 8.00. The molecular weight excluding hydrogens is 206 g/mol. The zero-order valence-corrected chi connectivity index (χ0v) is 9.18. The van der Waals surface area contributed by atoms with Crippen LogP contribution >= 0.6 is 0 Å². The lowest BCUT2D eigenvalue weighted by Gasteiger charge is -2.08. The average Bonchev–Trinajstić information content (AvgIpc) is 2.67. The molecule has 2 heterocycles. The van der Waals surface area contributed by atoms with Crippen molar-refractivity contribution in [3.05, 3.63) is 24.0 Å². The van der Waals surface area contributed by atoms with Gasteiger partial charge in [0.15, 0.2) is 5.82 Å². The van der Waals surface area contributed by atoms with Crippen molar-refractivity contribution in [3.8, 4) is 0 Å². The summed E-state index contributed by atoms with van der Waals surface area (Å²) in [5.41, 5.74) is 6.51. The summed E-state index contributed by atoms with van der Waals surface area (Å²) in [6.07, 6.45) is 3.08. The van der Waals surface area contributed by atoms with Crippen LogP contribution < -0.4 is 11.1 Å². The molecule has 7 heteroatoms. The average molecular weight is 219 g/mol. The van der Waals surface area contributed by atoms with Gasteiger partial charge in [0.2, 0.25) is 0 Å². The Morgan fingerprint density at radius 1 is 1.44 bits per heavy atom. The highest BCUT2D eigenvalue weighted by atomic mass is 15.3. The van der Waals surface area contributed by atoms with Gasteiger partial charge >= 0.3 is 0 Å². The van der Waals surface area contributed by atoms with Crippen LogP contribution in [0.3, 0.4) is 0 Å². The van der Waals surface area contributed by atoms with Gasteiger partial charge in [-0.1, -0.05) is 0 Å². The molecule has 0 aliphatic carbocycles. The summed E-state index contributed by atoms with van der Waals surface area (Å²) < 4.78 is 1.84. The van der Waals surface area contributed by atoms with Gasteiger partial charge in [0.05, 0.1) is 6.54 Å². The fraction of sp³-hybridized carbons (Fsp3) is 0.333. The Hall–Kier alpha value is -2.18. The Kier molecular flexibility index (Phi) is 2.67. The number of hydrogen-bond donors (Lipinski definition) is 2. The van der Waals surface area contributed by atoms with E-state index < -0.39 is 0 Å². The molecule has 0 aliphatic heterocycles. The van der Waals surface area contributed by atoms with Gasteiger partial charge in [-0.3, -0.25) is 0 Å². The Morgan fingerprint density at radius 2 is 2.25 bits per heavy atom. The predicted molar refractivity (Wildman–Crippen MR) is 59.5 cm³/mol. The number of nitrogens with zero attached hydrogens (tertiary/aromatic N) is 5. The van der Waals surface area contributed by atoms with Gasteiger partial charge in [-0.25, -0.2) is 9.97 Å². The van der Waals surface area contributed by atoms with Crippen molar-refractivity contribution in [1.29, 1.82) is 0 Å². The minimum atomic E-state index is 0.482. The van der Waals surface area contributed by atoms with Gasteiger partial charge in [0.25, 0.3) is 0 Å². The van der Waals surface area contributed by atoms with Crippen molar-refractivity contribution in [1.82, 2.24) is 24.7 Å². The number of nitrogens with two attached hydrogens (primary N) is 1. The SMILES string of the molecule is Cc1c(N)ncnc1NCc1nncn1C. The summed E-state index contributed by atoms with van der Waals surface area (Å²) in [5.74, 6) is 2.03. The summed E-state index contributed by atoms with van der Waals surface area (Å²) >= 11 is 0. The van der Waals surface area contributed by atoms with Gasteiger partial charge in [0.1, 0.15) is 24.3 Å². The van der Waals surface area contributed by atoms with Gasteiger partial charge < -0.3 is 15.6 Å². The van der Waals surface area contributed by atoms with E-state index >= 15 is 0 Å². The van der Waals surface area contributed by atoms with E-state index in [-0.39, 0.29) is 0 Å². The lowest BCUT2D eigenvalue weighted by molar-refractivity contribution is 0.809. The third kappa shape index (κ3) is 1.92. The minimum Gasteiger partial charge on any atom is -0.383 e. The molecule has 2 aromatic rings. The maximum atomic E-state index is 5.68. The van der Waals surface area contributed by atoms with E-state index in [4.69, 9.17) is 5.73 Å². The first-order valence-corrected chi connectivity index (χ1v) is 4.82. The first-order valence-electron chi connectivity index (χ1n) is 4.82. The molecule has 7 nitrogen and oxygen atoms in total. The van der Waals surface area contributed by atoms with Crippen molar-refractivity contribution in [2.45, 2.75) is 13.5 Å². The molecular formula is C9H13N7. The van der Waals surface area contributed by atoms with Crippen LogP contribution in [0.15, 0.2) is 12.7 Å². The second-order valence-corrected chi connectivity index (χ2v) is 3.44. The molecule has 84 valence electrons. The van der Waals surface area contributed by atoms with Crippen LogP contribution in [-0.2, 0) is 13.6 Å². The fourth-order valence-electron chi connectivity index (χ4n) is 1.27. The van der Waals surface area contributed by atoms with E-state index in [0.717, 1.165) is 17.2 Å². The van der Waals surface area contributed by atoms with Crippen LogP contribution in [0.2, 0.25) is 0 Å². The summed E-state index contributed by atoms with van der Waals surface area (Å²) in [6.45, 7) is 2.42. The summed E-state index contributed by atoms with van der Waals surface area (Å²) in [5, 5.41) is 10.9. The van der Waals surface area contributed by atoms with Gasteiger partial charge in [-0.15, -0.1) is 10.2 Å². The van der Waals surface area contributed by atoms with Gasteiger partial charge in [-0.05, 0) is 6.92 Å². The third-order valence-corrected chi connectivity index (χ3v) is 2.34. The molecule has 0 unspecified atom stereocenters. The first-order chi connectivity index (χ1) is 7.68. The highest BCUT2D eigenvalue weighted by Crippen LogP contribution is 2.15. The molecule has 3 N–H and O–H groups in total.